The quantitative estimate of drug-likeness (QED) is 0.594. The van der Waals surface area contributed by atoms with Crippen LogP contribution in [0.25, 0.3) is 0 Å². The van der Waals surface area contributed by atoms with Crippen LogP contribution in [0.4, 0.5) is 4.39 Å². The Kier molecular flexibility index (Phi) is 6.79. The second kappa shape index (κ2) is 9.54. The number of aliphatic imine (C=N–C) groups is 1. The summed E-state index contributed by atoms with van der Waals surface area (Å²) < 4.78 is 20.3. The molecule has 1 saturated heterocycles. The average Bonchev–Trinajstić information content (AvgIpc) is 2.77. The van der Waals surface area contributed by atoms with E-state index in [0.717, 1.165) is 37.1 Å². The summed E-state index contributed by atoms with van der Waals surface area (Å²) in [6, 6.07) is -0.837. The number of piperidine rings is 1. The molecule has 5 atom stereocenters. The second-order valence-corrected chi connectivity index (χ2v) is 8.72. The van der Waals surface area contributed by atoms with Crippen molar-refractivity contribution in [2.45, 2.75) is 43.6 Å². The zero-order chi connectivity index (χ0) is 22.0. The third-order valence-corrected chi connectivity index (χ3v) is 6.64. The van der Waals surface area contributed by atoms with Gasteiger partial charge in [-0.05, 0) is 31.5 Å². The van der Waals surface area contributed by atoms with Crippen molar-refractivity contribution in [1.82, 2.24) is 15.5 Å². The molecule has 4 N–H and O–H groups in total. The van der Waals surface area contributed by atoms with Crippen LogP contribution >= 0.6 is 11.6 Å². The minimum absolute atomic E-state index is 0.00200. The van der Waals surface area contributed by atoms with Gasteiger partial charge in [-0.25, -0.2) is 9.38 Å². The van der Waals surface area contributed by atoms with Crippen LogP contribution in [0.15, 0.2) is 51.7 Å². The highest BCUT2D eigenvalue weighted by molar-refractivity contribution is 6.30. The Hall–Kier alpha value is -2.16. The van der Waals surface area contributed by atoms with Gasteiger partial charge in [-0.2, -0.15) is 0 Å². The van der Waals surface area contributed by atoms with Gasteiger partial charge in [0.2, 0.25) is 5.91 Å². The number of amidine groups is 1. The van der Waals surface area contributed by atoms with Gasteiger partial charge in [0, 0.05) is 30.8 Å². The number of methoxy groups -OCH3 is 1. The summed E-state index contributed by atoms with van der Waals surface area (Å²) in [7, 11) is 1.68. The fraction of sp³-hybridized carbons (Fsp3) is 0.545. The Morgan fingerprint density at radius 2 is 2.29 bits per heavy atom. The van der Waals surface area contributed by atoms with E-state index in [-0.39, 0.29) is 29.0 Å². The number of nitrogens with one attached hydrogen (secondary N) is 2. The lowest BCUT2D eigenvalue weighted by molar-refractivity contribution is -0.124. The molecule has 2 heterocycles. The predicted octanol–water partition coefficient (Wildman–Crippen LogP) is 1.73. The Balaban J connectivity index is 1.55. The lowest BCUT2D eigenvalue weighted by atomic mass is 9.88. The highest BCUT2D eigenvalue weighted by Gasteiger charge is 2.35. The summed E-state index contributed by atoms with van der Waals surface area (Å²) in [5.41, 5.74) is 7.43. The van der Waals surface area contributed by atoms with E-state index in [1.807, 2.05) is 6.08 Å². The van der Waals surface area contributed by atoms with Crippen LogP contribution in [0.5, 0.6) is 0 Å². The summed E-state index contributed by atoms with van der Waals surface area (Å²) in [5.74, 6) is 0.347. The van der Waals surface area contributed by atoms with Gasteiger partial charge < -0.3 is 21.1 Å². The van der Waals surface area contributed by atoms with Gasteiger partial charge in [-0.3, -0.25) is 9.69 Å². The number of ether oxygens (including phenoxy) is 1. The van der Waals surface area contributed by atoms with E-state index < -0.39 is 12.2 Å². The van der Waals surface area contributed by atoms with E-state index in [4.69, 9.17) is 22.1 Å². The number of amides is 1. The molecule has 2 aliphatic carbocycles. The van der Waals surface area contributed by atoms with Crippen LogP contribution in [-0.2, 0) is 9.53 Å². The van der Waals surface area contributed by atoms with Gasteiger partial charge in [-0.15, -0.1) is 0 Å². The lowest BCUT2D eigenvalue weighted by Crippen LogP contribution is -2.51. The maximum atomic E-state index is 14.6. The molecule has 9 heteroatoms. The molecule has 4 rings (SSSR count). The molecule has 4 aliphatic rings. The molecule has 0 aromatic heterocycles. The first-order valence-corrected chi connectivity index (χ1v) is 11.1. The van der Waals surface area contributed by atoms with E-state index in [0.29, 0.717) is 19.0 Å². The molecule has 1 amide bonds. The van der Waals surface area contributed by atoms with E-state index in [1.165, 1.54) is 0 Å². The zero-order valence-electron chi connectivity index (χ0n) is 17.6. The number of alkyl halides is 1. The van der Waals surface area contributed by atoms with Crippen LogP contribution < -0.4 is 16.4 Å². The number of likely N-dealkylation sites (tertiary alicyclic amines) is 1. The molecule has 0 bridgehead atoms. The lowest BCUT2D eigenvalue weighted by Gasteiger charge is -2.39. The highest BCUT2D eigenvalue weighted by Crippen LogP contribution is 2.30. The Labute approximate surface area is 186 Å². The summed E-state index contributed by atoms with van der Waals surface area (Å²) in [6.45, 7) is 1.87. The number of rotatable bonds is 5. The zero-order valence-corrected chi connectivity index (χ0v) is 18.3. The molecule has 1 fully saturated rings. The molecule has 2 aliphatic heterocycles. The summed E-state index contributed by atoms with van der Waals surface area (Å²) in [6.07, 6.45) is 10.6. The van der Waals surface area contributed by atoms with Crippen LogP contribution in [0.3, 0.4) is 0 Å². The molecule has 0 spiro atoms. The normalized spacial score (nSPS) is 33.3. The largest absolute Gasteiger partial charge is 0.377 e. The smallest absolute Gasteiger partial charge is 0.234 e. The van der Waals surface area contributed by atoms with Crippen molar-refractivity contribution in [1.29, 1.82) is 0 Å². The standard InChI is InChI=1S/C22H29ClFN5O2/c1-31-19-10-17-14(9-13(19)11-29-8-3-2-7-18(29)21(25)30)22(27-12-26-17)28-16-6-4-5-15(23)20(16)24/h4-6,9-10,13,16,18-20,26H,2-3,7-8,11-12H2,1H3,(H2,25,30)(H,27,28)/t13?,16?,18-,19?,20?/m0/s1. The minimum atomic E-state index is -1.33. The van der Waals surface area contributed by atoms with E-state index in [2.05, 4.69) is 26.6 Å². The van der Waals surface area contributed by atoms with Gasteiger partial charge >= 0.3 is 0 Å². The topological polar surface area (TPSA) is 92.0 Å². The SMILES string of the molecule is COC1C=C2NCN=C(NC3C=CC=C(Cl)C3F)C2=CC1CN1CCCC[C@H]1C(N)=O. The van der Waals surface area contributed by atoms with Gasteiger partial charge in [0.25, 0.3) is 0 Å². The first-order valence-electron chi connectivity index (χ1n) is 10.7. The molecular formula is C22H29ClFN5O2. The van der Waals surface area contributed by atoms with Gasteiger partial charge in [0.1, 0.15) is 12.5 Å². The Bertz CT molecular complexity index is 868. The maximum absolute atomic E-state index is 14.6. The first kappa shape index (κ1) is 22.0. The molecule has 31 heavy (non-hydrogen) atoms. The Morgan fingerprint density at radius 1 is 1.45 bits per heavy atom. The van der Waals surface area contributed by atoms with Crippen LogP contribution in [0, 0.1) is 5.92 Å². The number of carbonyl (C=O) groups excluding carboxylic acids is 1. The van der Waals surface area contributed by atoms with E-state index in [1.54, 1.807) is 25.3 Å². The average molecular weight is 450 g/mol. The fourth-order valence-corrected chi connectivity index (χ4v) is 4.87. The number of allylic oxidation sites excluding steroid dienone is 2. The van der Waals surface area contributed by atoms with Gasteiger partial charge in [0.05, 0.1) is 23.2 Å². The fourth-order valence-electron chi connectivity index (χ4n) is 4.66. The Morgan fingerprint density at radius 3 is 3.06 bits per heavy atom. The number of hydrogen-bond donors (Lipinski definition) is 3. The number of halogens is 2. The molecule has 0 saturated carbocycles. The van der Waals surface area contributed by atoms with Crippen LogP contribution in [-0.4, -0.2) is 67.9 Å². The molecule has 0 radical (unpaired) electrons. The summed E-state index contributed by atoms with van der Waals surface area (Å²) >= 11 is 5.98. The summed E-state index contributed by atoms with van der Waals surface area (Å²) in [4.78, 5) is 18.6. The van der Waals surface area contributed by atoms with E-state index >= 15 is 0 Å². The van der Waals surface area contributed by atoms with Crippen molar-refractivity contribution < 1.29 is 13.9 Å². The van der Waals surface area contributed by atoms with Crippen LogP contribution in [0.1, 0.15) is 19.3 Å². The van der Waals surface area contributed by atoms with Crippen molar-refractivity contribution in [2.75, 3.05) is 26.9 Å². The third kappa shape index (κ3) is 4.71. The molecule has 4 unspecified atom stereocenters. The van der Waals surface area contributed by atoms with Crippen molar-refractivity contribution in [2.24, 2.45) is 16.6 Å². The summed E-state index contributed by atoms with van der Waals surface area (Å²) in [5, 5.41) is 6.65. The number of primary amides is 1. The molecule has 0 aromatic carbocycles. The molecule has 0 aromatic rings. The number of nitrogens with two attached hydrogens (primary N) is 1. The maximum Gasteiger partial charge on any atom is 0.234 e. The number of hydrogen-bond acceptors (Lipinski definition) is 6. The monoisotopic (exact) mass is 449 g/mol. The third-order valence-electron chi connectivity index (χ3n) is 6.30. The van der Waals surface area contributed by atoms with Crippen molar-refractivity contribution >= 4 is 23.3 Å². The van der Waals surface area contributed by atoms with Crippen molar-refractivity contribution in [3.63, 3.8) is 0 Å². The molecule has 7 nitrogen and oxygen atoms in total. The van der Waals surface area contributed by atoms with Gasteiger partial charge in [-0.1, -0.05) is 36.2 Å². The van der Waals surface area contributed by atoms with Gasteiger partial charge in [0.15, 0.2) is 6.17 Å². The number of nitrogens with zero attached hydrogens (tertiary/aromatic N) is 2. The van der Waals surface area contributed by atoms with Crippen molar-refractivity contribution in [3.8, 4) is 0 Å². The van der Waals surface area contributed by atoms with E-state index in [9.17, 15) is 9.18 Å². The van der Waals surface area contributed by atoms with Crippen molar-refractivity contribution in [3.05, 3.63) is 46.7 Å². The second-order valence-electron chi connectivity index (χ2n) is 8.28. The van der Waals surface area contributed by atoms with Crippen LogP contribution in [0.2, 0.25) is 0 Å². The minimum Gasteiger partial charge on any atom is -0.377 e. The predicted molar refractivity (Wildman–Crippen MR) is 119 cm³/mol. The molecular weight excluding hydrogens is 421 g/mol. The molecule has 168 valence electrons. The highest BCUT2D eigenvalue weighted by atomic mass is 35.5. The number of fused-ring (bicyclic) bond motifs is 1. The number of carbonyl (C=O) groups is 1. The first-order chi connectivity index (χ1) is 15.0.